The summed E-state index contributed by atoms with van der Waals surface area (Å²) < 4.78 is 25.1. The number of hydrogen-bond donors (Lipinski definition) is 0. The van der Waals surface area contributed by atoms with Crippen molar-refractivity contribution < 1.29 is 8.78 Å². The molecule has 0 fully saturated rings. The average molecular weight is 166 g/mol. The standard InChI is InChI=1S/C7H14F2.C2H6/c1-4-5-7(8,9)6(2)3;1-2/h6H,4-5H2,1-3H3;1-2H3. The van der Waals surface area contributed by atoms with Crippen molar-refractivity contribution >= 4 is 0 Å². The first-order valence-corrected chi connectivity index (χ1v) is 4.38. The third-order valence-corrected chi connectivity index (χ3v) is 1.43. The van der Waals surface area contributed by atoms with Crippen LogP contribution in [0.5, 0.6) is 0 Å². The first-order chi connectivity index (χ1) is 5.00. The molecule has 11 heavy (non-hydrogen) atoms. The van der Waals surface area contributed by atoms with Gasteiger partial charge in [0.2, 0.25) is 5.92 Å². The summed E-state index contributed by atoms with van der Waals surface area (Å²) in [6, 6.07) is 0. The lowest BCUT2D eigenvalue weighted by Gasteiger charge is -2.18. The Morgan fingerprint density at radius 1 is 1.18 bits per heavy atom. The smallest absolute Gasteiger partial charge is 0.207 e. The number of halogens is 2. The summed E-state index contributed by atoms with van der Waals surface area (Å²) in [5.41, 5.74) is 0. The van der Waals surface area contributed by atoms with Crippen molar-refractivity contribution in [2.24, 2.45) is 5.92 Å². The molecule has 0 saturated heterocycles. The van der Waals surface area contributed by atoms with Gasteiger partial charge in [0.1, 0.15) is 0 Å². The Morgan fingerprint density at radius 2 is 1.55 bits per heavy atom. The van der Waals surface area contributed by atoms with Gasteiger partial charge >= 0.3 is 0 Å². The SMILES string of the molecule is CC.CCCC(F)(F)C(C)C. The first kappa shape index (κ1) is 13.4. The molecule has 0 amide bonds. The molecule has 0 aliphatic carbocycles. The van der Waals surface area contributed by atoms with Gasteiger partial charge in [-0.25, -0.2) is 8.78 Å². The molecule has 0 unspecified atom stereocenters. The average Bonchev–Trinajstić information content (AvgIpc) is 1.92. The monoisotopic (exact) mass is 166 g/mol. The number of hydrogen-bond acceptors (Lipinski definition) is 0. The highest BCUT2D eigenvalue weighted by Gasteiger charge is 2.31. The molecule has 0 aromatic heterocycles. The molecule has 0 saturated carbocycles. The first-order valence-electron chi connectivity index (χ1n) is 4.38. The summed E-state index contributed by atoms with van der Waals surface area (Å²) in [6.07, 6.45) is 0.579. The molecule has 0 rings (SSSR count). The van der Waals surface area contributed by atoms with E-state index in [4.69, 9.17) is 0 Å². The van der Waals surface area contributed by atoms with Gasteiger partial charge in [0.25, 0.3) is 0 Å². The molecule has 0 aliphatic heterocycles. The lowest BCUT2D eigenvalue weighted by molar-refractivity contribution is -0.0526. The van der Waals surface area contributed by atoms with Crippen LogP contribution in [0.25, 0.3) is 0 Å². The lowest BCUT2D eigenvalue weighted by Crippen LogP contribution is -2.22. The highest BCUT2D eigenvalue weighted by Crippen LogP contribution is 2.28. The van der Waals surface area contributed by atoms with Gasteiger partial charge < -0.3 is 0 Å². The maximum Gasteiger partial charge on any atom is 0.250 e. The van der Waals surface area contributed by atoms with Crippen LogP contribution in [0, 0.1) is 5.92 Å². The van der Waals surface area contributed by atoms with Crippen LogP contribution < -0.4 is 0 Å². The van der Waals surface area contributed by atoms with Gasteiger partial charge in [0, 0.05) is 12.3 Å². The zero-order valence-corrected chi connectivity index (χ0v) is 8.25. The van der Waals surface area contributed by atoms with E-state index in [0.29, 0.717) is 6.42 Å². The summed E-state index contributed by atoms with van der Waals surface area (Å²) in [5.74, 6) is -2.97. The van der Waals surface area contributed by atoms with E-state index in [1.165, 1.54) is 0 Å². The lowest BCUT2D eigenvalue weighted by atomic mass is 10.0. The zero-order chi connectivity index (χ0) is 9.49. The Balaban J connectivity index is 0. The van der Waals surface area contributed by atoms with E-state index in [1.807, 2.05) is 13.8 Å². The van der Waals surface area contributed by atoms with E-state index in [-0.39, 0.29) is 6.42 Å². The van der Waals surface area contributed by atoms with Crippen LogP contribution >= 0.6 is 0 Å². The van der Waals surface area contributed by atoms with E-state index < -0.39 is 11.8 Å². The number of alkyl halides is 2. The zero-order valence-electron chi connectivity index (χ0n) is 8.25. The highest BCUT2D eigenvalue weighted by atomic mass is 19.3. The summed E-state index contributed by atoms with van der Waals surface area (Å²) in [6.45, 7) is 8.88. The Hall–Kier alpha value is -0.140. The van der Waals surface area contributed by atoms with Crippen LogP contribution in [0.2, 0.25) is 0 Å². The van der Waals surface area contributed by atoms with Crippen molar-refractivity contribution in [3.05, 3.63) is 0 Å². The van der Waals surface area contributed by atoms with E-state index >= 15 is 0 Å². The molecule has 0 radical (unpaired) electrons. The van der Waals surface area contributed by atoms with Crippen LogP contribution in [-0.4, -0.2) is 5.92 Å². The van der Waals surface area contributed by atoms with Gasteiger partial charge in [0.05, 0.1) is 0 Å². The van der Waals surface area contributed by atoms with E-state index in [0.717, 1.165) is 0 Å². The third kappa shape index (κ3) is 6.27. The summed E-state index contributed by atoms with van der Waals surface area (Å²) >= 11 is 0. The Morgan fingerprint density at radius 3 is 1.64 bits per heavy atom. The molecule has 0 heterocycles. The topological polar surface area (TPSA) is 0 Å². The van der Waals surface area contributed by atoms with Crippen LogP contribution in [0.3, 0.4) is 0 Å². The molecule has 0 aliphatic rings. The van der Waals surface area contributed by atoms with Crippen LogP contribution in [-0.2, 0) is 0 Å². The van der Waals surface area contributed by atoms with Gasteiger partial charge in [-0.1, -0.05) is 41.0 Å². The maximum absolute atomic E-state index is 12.5. The molecule has 0 spiro atoms. The predicted octanol–water partition coefficient (Wildman–Crippen LogP) is 4.10. The second kappa shape index (κ2) is 6.56. The van der Waals surface area contributed by atoms with Crippen molar-refractivity contribution in [3.63, 3.8) is 0 Å². The largest absolute Gasteiger partial charge is 0.250 e. The van der Waals surface area contributed by atoms with Gasteiger partial charge in [-0.3, -0.25) is 0 Å². The van der Waals surface area contributed by atoms with Crippen molar-refractivity contribution in [1.29, 1.82) is 0 Å². The summed E-state index contributed by atoms with van der Waals surface area (Å²) in [4.78, 5) is 0. The van der Waals surface area contributed by atoms with Gasteiger partial charge in [-0.05, 0) is 0 Å². The minimum absolute atomic E-state index is 0.0185. The minimum Gasteiger partial charge on any atom is -0.207 e. The molecule has 0 bridgehead atoms. The van der Waals surface area contributed by atoms with Crippen molar-refractivity contribution in [1.82, 2.24) is 0 Å². The molecule has 2 heteroatoms. The van der Waals surface area contributed by atoms with Crippen LogP contribution in [0.4, 0.5) is 8.78 Å². The highest BCUT2D eigenvalue weighted by molar-refractivity contribution is 4.68. The molecule has 0 aromatic rings. The normalized spacial score (nSPS) is 10.9. The van der Waals surface area contributed by atoms with E-state index in [1.54, 1.807) is 20.8 Å². The third-order valence-electron chi connectivity index (χ3n) is 1.43. The molecule has 0 nitrogen and oxygen atoms in total. The summed E-state index contributed by atoms with van der Waals surface area (Å²) in [5, 5.41) is 0. The molecule has 0 atom stereocenters. The Kier molecular flexibility index (Phi) is 8.02. The van der Waals surface area contributed by atoms with Crippen molar-refractivity contribution in [3.8, 4) is 0 Å². The van der Waals surface area contributed by atoms with Gasteiger partial charge in [0.15, 0.2) is 0 Å². The fourth-order valence-corrected chi connectivity index (χ4v) is 0.622. The second-order valence-electron chi connectivity index (χ2n) is 2.67. The Bertz CT molecular complexity index is 77.6. The van der Waals surface area contributed by atoms with Crippen LogP contribution in [0.1, 0.15) is 47.5 Å². The molecule has 0 N–H and O–H groups in total. The van der Waals surface area contributed by atoms with Crippen LogP contribution in [0.15, 0.2) is 0 Å². The van der Waals surface area contributed by atoms with Gasteiger partial charge in [-0.15, -0.1) is 0 Å². The quantitative estimate of drug-likeness (QED) is 0.592. The molecular formula is C9H20F2. The molecule has 0 aromatic carbocycles. The Labute approximate surface area is 69.0 Å². The summed E-state index contributed by atoms with van der Waals surface area (Å²) in [7, 11) is 0. The van der Waals surface area contributed by atoms with E-state index in [9.17, 15) is 8.78 Å². The van der Waals surface area contributed by atoms with Crippen molar-refractivity contribution in [2.45, 2.75) is 53.4 Å². The fourth-order valence-electron chi connectivity index (χ4n) is 0.622. The molecular weight excluding hydrogens is 146 g/mol. The second-order valence-corrected chi connectivity index (χ2v) is 2.67. The van der Waals surface area contributed by atoms with Gasteiger partial charge in [-0.2, -0.15) is 0 Å². The number of rotatable bonds is 3. The minimum atomic E-state index is -2.45. The van der Waals surface area contributed by atoms with E-state index in [2.05, 4.69) is 0 Å². The predicted molar refractivity (Wildman–Crippen MR) is 46.0 cm³/mol. The van der Waals surface area contributed by atoms with Crippen molar-refractivity contribution in [2.75, 3.05) is 0 Å². The maximum atomic E-state index is 12.5. The fraction of sp³-hybridized carbons (Fsp3) is 1.00. The molecule has 70 valence electrons.